The summed E-state index contributed by atoms with van der Waals surface area (Å²) in [6.07, 6.45) is 1.84. The van der Waals surface area contributed by atoms with Crippen molar-refractivity contribution < 1.29 is 4.74 Å². The predicted molar refractivity (Wildman–Crippen MR) is 80.7 cm³/mol. The Balaban J connectivity index is 2.26. The number of aromatic nitrogens is 1. The van der Waals surface area contributed by atoms with Crippen molar-refractivity contribution in [1.29, 1.82) is 0 Å². The molecule has 106 valence electrons. The number of rotatable bonds is 5. The van der Waals surface area contributed by atoms with Gasteiger partial charge in [-0.2, -0.15) is 0 Å². The van der Waals surface area contributed by atoms with E-state index in [9.17, 15) is 0 Å². The number of pyridine rings is 1. The van der Waals surface area contributed by atoms with Gasteiger partial charge in [-0.3, -0.25) is 5.84 Å². The molecule has 0 amide bonds. The molecule has 5 nitrogen and oxygen atoms in total. The molecule has 1 aromatic carbocycles. The number of hydrazine groups is 1. The van der Waals surface area contributed by atoms with Crippen LogP contribution in [-0.4, -0.2) is 26.2 Å². The Morgan fingerprint density at radius 1 is 1.10 bits per heavy atom. The van der Waals surface area contributed by atoms with Gasteiger partial charge in [-0.1, -0.05) is 18.2 Å². The van der Waals surface area contributed by atoms with Crippen molar-refractivity contribution in [3.05, 3.63) is 53.7 Å². The zero-order chi connectivity index (χ0) is 14.5. The van der Waals surface area contributed by atoms with Gasteiger partial charge in [-0.25, -0.2) is 10.4 Å². The second kappa shape index (κ2) is 6.36. The van der Waals surface area contributed by atoms with Crippen LogP contribution in [0.25, 0.3) is 0 Å². The number of methoxy groups -OCH3 is 1. The first-order chi connectivity index (χ1) is 9.65. The lowest BCUT2D eigenvalue weighted by molar-refractivity contribution is 0.414. The van der Waals surface area contributed by atoms with Crippen LogP contribution in [0.3, 0.4) is 0 Å². The van der Waals surface area contributed by atoms with Crippen molar-refractivity contribution in [2.45, 2.75) is 6.04 Å². The molecule has 5 heteroatoms. The first-order valence-electron chi connectivity index (χ1n) is 6.39. The lowest BCUT2D eigenvalue weighted by Gasteiger charge is -2.18. The van der Waals surface area contributed by atoms with Crippen molar-refractivity contribution in [3.63, 3.8) is 0 Å². The number of nitrogens with two attached hydrogens (primary N) is 1. The number of nitrogens with zero attached hydrogens (tertiary/aromatic N) is 2. The molecule has 1 atom stereocenters. The highest BCUT2D eigenvalue weighted by atomic mass is 16.5. The second-order valence-corrected chi connectivity index (χ2v) is 4.72. The van der Waals surface area contributed by atoms with Gasteiger partial charge in [-0.15, -0.1) is 0 Å². The third-order valence-electron chi connectivity index (χ3n) is 3.18. The molecule has 0 aliphatic rings. The highest BCUT2D eigenvalue weighted by Crippen LogP contribution is 2.23. The van der Waals surface area contributed by atoms with Crippen LogP contribution in [0.15, 0.2) is 42.6 Å². The van der Waals surface area contributed by atoms with Crippen LogP contribution in [-0.2, 0) is 0 Å². The first kappa shape index (κ1) is 14.3. The number of anilines is 1. The molecule has 1 aromatic heterocycles. The molecular weight excluding hydrogens is 252 g/mol. The fourth-order valence-corrected chi connectivity index (χ4v) is 2.01. The summed E-state index contributed by atoms with van der Waals surface area (Å²) >= 11 is 0. The standard InChI is InChI=1S/C15H20N4O/c1-19(2)14-9-6-12(10-17-14)15(18-16)11-4-7-13(20-3)8-5-11/h4-10,15,18H,16H2,1-3H3. The van der Waals surface area contributed by atoms with Crippen LogP contribution in [0.1, 0.15) is 17.2 Å². The van der Waals surface area contributed by atoms with E-state index >= 15 is 0 Å². The van der Waals surface area contributed by atoms with Crippen molar-refractivity contribution in [3.8, 4) is 5.75 Å². The van der Waals surface area contributed by atoms with E-state index in [1.165, 1.54) is 0 Å². The van der Waals surface area contributed by atoms with E-state index in [-0.39, 0.29) is 6.04 Å². The number of hydrogen-bond acceptors (Lipinski definition) is 5. The van der Waals surface area contributed by atoms with Crippen molar-refractivity contribution in [1.82, 2.24) is 10.4 Å². The van der Waals surface area contributed by atoms with Gasteiger partial charge in [0.25, 0.3) is 0 Å². The SMILES string of the molecule is COc1ccc(C(NN)c2ccc(N(C)C)nc2)cc1. The third kappa shape index (κ3) is 3.07. The van der Waals surface area contributed by atoms with Gasteiger partial charge in [0, 0.05) is 20.3 Å². The molecule has 1 unspecified atom stereocenters. The Bertz CT molecular complexity index is 537. The zero-order valence-electron chi connectivity index (χ0n) is 12.0. The molecule has 2 aromatic rings. The summed E-state index contributed by atoms with van der Waals surface area (Å²) in [4.78, 5) is 6.37. The van der Waals surface area contributed by atoms with E-state index in [1.54, 1.807) is 7.11 Å². The Morgan fingerprint density at radius 2 is 1.75 bits per heavy atom. The highest BCUT2D eigenvalue weighted by molar-refractivity contribution is 5.40. The number of ether oxygens (including phenoxy) is 1. The average molecular weight is 272 g/mol. The molecule has 2 rings (SSSR count). The molecule has 0 aliphatic heterocycles. The molecule has 1 heterocycles. The predicted octanol–water partition coefficient (Wildman–Crippen LogP) is 1.71. The van der Waals surface area contributed by atoms with Gasteiger partial charge in [0.15, 0.2) is 0 Å². The molecule has 0 saturated carbocycles. The van der Waals surface area contributed by atoms with E-state index in [0.29, 0.717) is 0 Å². The molecule has 0 spiro atoms. The molecule has 3 N–H and O–H groups in total. The summed E-state index contributed by atoms with van der Waals surface area (Å²) < 4.78 is 5.16. The van der Waals surface area contributed by atoms with Gasteiger partial charge in [0.2, 0.25) is 0 Å². The van der Waals surface area contributed by atoms with Crippen LogP contribution >= 0.6 is 0 Å². The van der Waals surface area contributed by atoms with Gasteiger partial charge in [0.05, 0.1) is 13.2 Å². The topological polar surface area (TPSA) is 63.4 Å². The van der Waals surface area contributed by atoms with Crippen LogP contribution in [0, 0.1) is 0 Å². The van der Waals surface area contributed by atoms with E-state index in [2.05, 4.69) is 10.4 Å². The maximum atomic E-state index is 5.69. The summed E-state index contributed by atoms with van der Waals surface area (Å²) in [5.74, 6) is 7.43. The monoisotopic (exact) mass is 272 g/mol. The largest absolute Gasteiger partial charge is 0.497 e. The van der Waals surface area contributed by atoms with Gasteiger partial charge < -0.3 is 9.64 Å². The Labute approximate surface area is 119 Å². The summed E-state index contributed by atoms with van der Waals surface area (Å²) in [5.41, 5.74) is 4.91. The van der Waals surface area contributed by atoms with E-state index in [0.717, 1.165) is 22.7 Å². The number of nitrogens with one attached hydrogen (secondary N) is 1. The molecular formula is C15H20N4O. The molecule has 20 heavy (non-hydrogen) atoms. The minimum atomic E-state index is -0.0929. The lowest BCUT2D eigenvalue weighted by atomic mass is 10.0. The summed E-state index contributed by atoms with van der Waals surface area (Å²) in [6.45, 7) is 0. The third-order valence-corrected chi connectivity index (χ3v) is 3.18. The number of hydrogen-bond donors (Lipinski definition) is 2. The van der Waals surface area contributed by atoms with Gasteiger partial charge in [-0.05, 0) is 29.3 Å². The summed E-state index contributed by atoms with van der Waals surface area (Å²) in [6, 6.07) is 11.7. The van der Waals surface area contributed by atoms with E-state index in [4.69, 9.17) is 10.6 Å². The fourth-order valence-electron chi connectivity index (χ4n) is 2.01. The van der Waals surface area contributed by atoms with Crippen molar-refractivity contribution in [2.75, 3.05) is 26.1 Å². The average Bonchev–Trinajstić information content (AvgIpc) is 2.49. The lowest BCUT2D eigenvalue weighted by Crippen LogP contribution is -2.29. The summed E-state index contributed by atoms with van der Waals surface area (Å²) in [5, 5.41) is 0. The van der Waals surface area contributed by atoms with Crippen LogP contribution in [0.5, 0.6) is 5.75 Å². The Hall–Kier alpha value is -2.11. The van der Waals surface area contributed by atoms with Crippen LogP contribution < -0.4 is 20.9 Å². The zero-order valence-corrected chi connectivity index (χ0v) is 12.0. The minimum Gasteiger partial charge on any atom is -0.497 e. The molecule has 0 aliphatic carbocycles. The Kier molecular flexibility index (Phi) is 4.55. The van der Waals surface area contributed by atoms with Crippen LogP contribution in [0.4, 0.5) is 5.82 Å². The van der Waals surface area contributed by atoms with Gasteiger partial charge >= 0.3 is 0 Å². The summed E-state index contributed by atoms with van der Waals surface area (Å²) in [7, 11) is 5.58. The molecule has 0 radical (unpaired) electrons. The number of benzene rings is 1. The van der Waals surface area contributed by atoms with Crippen molar-refractivity contribution >= 4 is 5.82 Å². The molecule has 0 saturated heterocycles. The Morgan fingerprint density at radius 3 is 2.20 bits per heavy atom. The first-order valence-corrected chi connectivity index (χ1v) is 6.39. The maximum Gasteiger partial charge on any atom is 0.127 e. The smallest absolute Gasteiger partial charge is 0.127 e. The molecule has 0 fully saturated rings. The quantitative estimate of drug-likeness (QED) is 0.641. The normalized spacial score (nSPS) is 12.0. The minimum absolute atomic E-state index is 0.0929. The van der Waals surface area contributed by atoms with Crippen LogP contribution in [0.2, 0.25) is 0 Å². The van der Waals surface area contributed by atoms with Crippen molar-refractivity contribution in [2.24, 2.45) is 5.84 Å². The maximum absolute atomic E-state index is 5.69. The van der Waals surface area contributed by atoms with Gasteiger partial charge in [0.1, 0.15) is 11.6 Å². The highest BCUT2D eigenvalue weighted by Gasteiger charge is 2.13. The van der Waals surface area contributed by atoms with E-state index in [1.807, 2.05) is 61.6 Å². The second-order valence-electron chi connectivity index (χ2n) is 4.72. The van der Waals surface area contributed by atoms with E-state index < -0.39 is 0 Å². The molecule has 0 bridgehead atoms. The fraction of sp³-hybridized carbons (Fsp3) is 0.267.